The molecule has 1 saturated carbocycles. The van der Waals surface area contributed by atoms with Crippen molar-refractivity contribution < 1.29 is 9.84 Å². The van der Waals surface area contributed by atoms with Gasteiger partial charge in [0.05, 0.1) is 24.4 Å². The Morgan fingerprint density at radius 1 is 1.42 bits per heavy atom. The Balaban J connectivity index is 1.92. The molecule has 0 saturated heterocycles. The minimum Gasteiger partial charge on any atom is -0.394 e. The van der Waals surface area contributed by atoms with Crippen molar-refractivity contribution in [1.82, 2.24) is 15.1 Å². The largest absolute Gasteiger partial charge is 0.394 e. The molecule has 108 valence electrons. The van der Waals surface area contributed by atoms with Gasteiger partial charge in [-0.3, -0.25) is 4.68 Å². The van der Waals surface area contributed by atoms with Gasteiger partial charge in [0.2, 0.25) is 0 Å². The van der Waals surface area contributed by atoms with Crippen molar-refractivity contribution in [3.8, 4) is 0 Å². The summed E-state index contributed by atoms with van der Waals surface area (Å²) in [6, 6.07) is 0. The number of ether oxygens (including phenoxy) is 1. The zero-order valence-electron chi connectivity index (χ0n) is 12.2. The molecule has 2 N–H and O–H groups in total. The van der Waals surface area contributed by atoms with Gasteiger partial charge in [0.15, 0.2) is 0 Å². The highest BCUT2D eigenvalue weighted by molar-refractivity contribution is 5.24. The molecule has 0 radical (unpaired) electrons. The van der Waals surface area contributed by atoms with Crippen molar-refractivity contribution in [2.75, 3.05) is 20.3 Å². The highest BCUT2D eigenvalue weighted by Crippen LogP contribution is 2.34. The van der Waals surface area contributed by atoms with Crippen LogP contribution in [0, 0.1) is 13.8 Å². The van der Waals surface area contributed by atoms with Crippen LogP contribution in [-0.2, 0) is 17.8 Å². The number of nitrogens with one attached hydrogen (secondary N) is 1. The molecule has 19 heavy (non-hydrogen) atoms. The number of aliphatic hydroxyl groups excluding tert-OH is 1. The van der Waals surface area contributed by atoms with E-state index < -0.39 is 0 Å². The lowest BCUT2D eigenvalue weighted by molar-refractivity contribution is -0.0695. The molecule has 1 aliphatic carbocycles. The van der Waals surface area contributed by atoms with E-state index in [0.717, 1.165) is 37.3 Å². The van der Waals surface area contributed by atoms with Crippen molar-refractivity contribution in [2.24, 2.45) is 0 Å². The van der Waals surface area contributed by atoms with E-state index in [9.17, 15) is 0 Å². The van der Waals surface area contributed by atoms with Crippen LogP contribution < -0.4 is 5.32 Å². The smallest absolute Gasteiger partial charge is 0.0802 e. The van der Waals surface area contributed by atoms with E-state index in [1.165, 1.54) is 12.0 Å². The predicted molar refractivity (Wildman–Crippen MR) is 74.1 cm³/mol. The second-order valence-electron chi connectivity index (χ2n) is 5.44. The van der Waals surface area contributed by atoms with Crippen LogP contribution in [0.5, 0.6) is 0 Å². The van der Waals surface area contributed by atoms with Gasteiger partial charge in [-0.25, -0.2) is 0 Å². The minimum absolute atomic E-state index is 0.0584. The van der Waals surface area contributed by atoms with Gasteiger partial charge in [0, 0.05) is 31.5 Å². The summed E-state index contributed by atoms with van der Waals surface area (Å²) in [6.45, 7) is 6.48. The van der Waals surface area contributed by atoms with Crippen LogP contribution in [0.4, 0.5) is 0 Å². The van der Waals surface area contributed by atoms with Gasteiger partial charge in [-0.2, -0.15) is 5.10 Å². The number of aryl methyl sites for hydroxylation is 1. The number of aliphatic hydroxyl groups is 1. The van der Waals surface area contributed by atoms with E-state index in [-0.39, 0.29) is 12.2 Å². The summed E-state index contributed by atoms with van der Waals surface area (Å²) in [5.74, 6) is 0. The fourth-order valence-corrected chi connectivity index (χ4v) is 2.74. The summed E-state index contributed by atoms with van der Waals surface area (Å²) >= 11 is 0. The Morgan fingerprint density at radius 2 is 2.16 bits per heavy atom. The van der Waals surface area contributed by atoms with Gasteiger partial charge in [-0.05, 0) is 33.1 Å². The maximum atomic E-state index is 9.01. The van der Waals surface area contributed by atoms with Gasteiger partial charge in [0.25, 0.3) is 0 Å². The van der Waals surface area contributed by atoms with Gasteiger partial charge in [-0.15, -0.1) is 0 Å². The average molecular weight is 267 g/mol. The molecule has 1 aromatic rings. The molecule has 0 atom stereocenters. The molecule has 5 heteroatoms. The molecule has 0 spiro atoms. The SMILES string of the molecule is COC1(CNCc2c(C)nn(CCO)c2C)CCC1. The molecule has 1 heterocycles. The van der Waals surface area contributed by atoms with Crippen LogP contribution >= 0.6 is 0 Å². The zero-order chi connectivity index (χ0) is 13.9. The fraction of sp³-hybridized carbons (Fsp3) is 0.786. The third-order valence-corrected chi connectivity index (χ3v) is 4.29. The molecule has 0 aromatic carbocycles. The maximum absolute atomic E-state index is 9.01. The van der Waals surface area contributed by atoms with E-state index in [1.54, 1.807) is 7.11 Å². The van der Waals surface area contributed by atoms with Crippen LogP contribution in [0.3, 0.4) is 0 Å². The van der Waals surface area contributed by atoms with Crippen LogP contribution in [0.15, 0.2) is 0 Å². The first-order valence-electron chi connectivity index (χ1n) is 7.01. The third-order valence-electron chi connectivity index (χ3n) is 4.29. The standard InChI is InChI=1S/C14H25N3O2/c1-11-13(12(2)17(16-11)7-8-18)9-15-10-14(19-3)5-4-6-14/h15,18H,4-10H2,1-3H3. The molecule has 1 aromatic heterocycles. The first-order valence-corrected chi connectivity index (χ1v) is 7.01. The molecule has 2 rings (SSSR count). The maximum Gasteiger partial charge on any atom is 0.0802 e. The number of methoxy groups -OCH3 is 1. The number of nitrogens with zero attached hydrogens (tertiary/aromatic N) is 2. The quantitative estimate of drug-likeness (QED) is 0.778. The second-order valence-corrected chi connectivity index (χ2v) is 5.44. The van der Waals surface area contributed by atoms with Crippen LogP contribution in [-0.4, -0.2) is 40.7 Å². The number of aromatic nitrogens is 2. The van der Waals surface area contributed by atoms with Crippen LogP contribution in [0.1, 0.15) is 36.2 Å². The highest BCUT2D eigenvalue weighted by Gasteiger charge is 2.36. The molecule has 0 unspecified atom stereocenters. The van der Waals surface area contributed by atoms with E-state index in [1.807, 2.05) is 11.6 Å². The van der Waals surface area contributed by atoms with E-state index >= 15 is 0 Å². The molecule has 0 aliphatic heterocycles. The summed E-state index contributed by atoms with van der Waals surface area (Å²) in [5, 5.41) is 17.0. The number of hydrogen-bond donors (Lipinski definition) is 2. The first kappa shape index (κ1) is 14.5. The number of hydrogen-bond acceptors (Lipinski definition) is 4. The van der Waals surface area contributed by atoms with Gasteiger partial charge in [-0.1, -0.05) is 0 Å². The zero-order valence-corrected chi connectivity index (χ0v) is 12.2. The minimum atomic E-state index is 0.0584. The van der Waals surface area contributed by atoms with Crippen LogP contribution in [0.25, 0.3) is 0 Å². The molecule has 1 fully saturated rings. The molecular weight excluding hydrogens is 242 g/mol. The average Bonchev–Trinajstić information content (AvgIpc) is 2.60. The summed E-state index contributed by atoms with van der Waals surface area (Å²) in [6.07, 6.45) is 3.57. The normalized spacial score (nSPS) is 17.5. The summed E-state index contributed by atoms with van der Waals surface area (Å²) in [4.78, 5) is 0. The Labute approximate surface area is 115 Å². The summed E-state index contributed by atoms with van der Waals surface area (Å²) in [7, 11) is 1.80. The van der Waals surface area contributed by atoms with Crippen molar-refractivity contribution in [2.45, 2.75) is 51.8 Å². The summed E-state index contributed by atoms with van der Waals surface area (Å²) in [5.41, 5.74) is 3.47. The van der Waals surface area contributed by atoms with Gasteiger partial charge in [0.1, 0.15) is 0 Å². The topological polar surface area (TPSA) is 59.3 Å². The second kappa shape index (κ2) is 6.03. The highest BCUT2D eigenvalue weighted by atomic mass is 16.5. The van der Waals surface area contributed by atoms with E-state index in [4.69, 9.17) is 9.84 Å². The molecule has 1 aliphatic rings. The fourth-order valence-electron chi connectivity index (χ4n) is 2.74. The predicted octanol–water partition coefficient (Wildman–Crippen LogP) is 1.15. The lowest BCUT2D eigenvalue weighted by Crippen LogP contribution is -2.47. The van der Waals surface area contributed by atoms with Crippen molar-refractivity contribution in [3.63, 3.8) is 0 Å². The van der Waals surface area contributed by atoms with Gasteiger partial charge >= 0.3 is 0 Å². The molecule has 0 bridgehead atoms. The molecule has 0 amide bonds. The monoisotopic (exact) mass is 267 g/mol. The first-order chi connectivity index (χ1) is 9.12. The van der Waals surface area contributed by atoms with Crippen molar-refractivity contribution >= 4 is 0 Å². The molecular formula is C14H25N3O2. The number of rotatable bonds is 7. The summed E-state index contributed by atoms with van der Waals surface area (Å²) < 4.78 is 7.48. The van der Waals surface area contributed by atoms with Crippen LogP contribution in [0.2, 0.25) is 0 Å². The van der Waals surface area contributed by atoms with E-state index in [2.05, 4.69) is 17.3 Å². The Bertz CT molecular complexity index is 419. The Morgan fingerprint density at radius 3 is 2.68 bits per heavy atom. The van der Waals surface area contributed by atoms with E-state index in [0.29, 0.717) is 6.54 Å². The molecule has 5 nitrogen and oxygen atoms in total. The van der Waals surface area contributed by atoms with Gasteiger partial charge < -0.3 is 15.2 Å². The van der Waals surface area contributed by atoms with Crippen molar-refractivity contribution in [1.29, 1.82) is 0 Å². The third kappa shape index (κ3) is 2.99. The van der Waals surface area contributed by atoms with Crippen molar-refractivity contribution in [3.05, 3.63) is 17.0 Å². The lowest BCUT2D eigenvalue weighted by atomic mass is 9.80. The lowest BCUT2D eigenvalue weighted by Gasteiger charge is -2.40. The Hall–Kier alpha value is -0.910. The Kier molecular flexibility index (Phi) is 4.60.